The van der Waals surface area contributed by atoms with Crippen molar-refractivity contribution in [3.05, 3.63) is 60.7 Å². The van der Waals surface area contributed by atoms with Crippen LogP contribution in [0.25, 0.3) is 11.0 Å². The normalized spacial score (nSPS) is 17.4. The molecule has 1 aromatic carbocycles. The summed E-state index contributed by atoms with van der Waals surface area (Å²) in [6, 6.07) is 11.2. The van der Waals surface area contributed by atoms with Gasteiger partial charge in [0.2, 0.25) is 0 Å². The van der Waals surface area contributed by atoms with E-state index in [1.54, 1.807) is 23.5 Å². The Bertz CT molecular complexity index is 885. The third-order valence-electron chi connectivity index (χ3n) is 4.29. The largest absolute Gasteiger partial charge is 0.488 e. The molecule has 0 spiro atoms. The number of ether oxygens (including phenoxy) is 1. The third-order valence-corrected chi connectivity index (χ3v) is 4.29. The Morgan fingerprint density at radius 2 is 1.92 bits per heavy atom. The van der Waals surface area contributed by atoms with Crippen LogP contribution in [0.1, 0.15) is 23.3 Å². The number of pyridine rings is 1. The quantitative estimate of drug-likeness (QED) is 0.737. The van der Waals surface area contributed by atoms with Gasteiger partial charge in [-0.05, 0) is 37.1 Å². The Kier molecular flexibility index (Phi) is 4.24. The molecule has 1 atom stereocenters. The Morgan fingerprint density at radius 3 is 2.76 bits per heavy atom. The number of benzene rings is 1. The lowest BCUT2D eigenvalue weighted by Crippen LogP contribution is -2.44. The summed E-state index contributed by atoms with van der Waals surface area (Å²) in [5.74, 6) is 0.682. The highest BCUT2D eigenvalue weighted by atomic mass is 16.5. The van der Waals surface area contributed by atoms with Gasteiger partial charge in [0.15, 0.2) is 0 Å². The maximum absolute atomic E-state index is 12.8. The number of para-hydroxylation sites is 2. The van der Waals surface area contributed by atoms with E-state index in [1.165, 1.54) is 0 Å². The van der Waals surface area contributed by atoms with Gasteiger partial charge >= 0.3 is 0 Å². The van der Waals surface area contributed by atoms with Gasteiger partial charge in [0.25, 0.3) is 5.91 Å². The molecule has 25 heavy (non-hydrogen) atoms. The minimum atomic E-state index is -0.0960. The highest BCUT2D eigenvalue weighted by molar-refractivity contribution is 5.93. The molecule has 0 radical (unpaired) electrons. The topological polar surface area (TPSA) is 68.2 Å². The highest BCUT2D eigenvalue weighted by Crippen LogP contribution is 2.19. The van der Waals surface area contributed by atoms with Gasteiger partial charge in [0, 0.05) is 18.9 Å². The predicted molar refractivity (Wildman–Crippen MR) is 93.3 cm³/mol. The molecule has 0 N–H and O–H groups in total. The second kappa shape index (κ2) is 6.84. The van der Waals surface area contributed by atoms with Crippen molar-refractivity contribution in [3.8, 4) is 5.75 Å². The molecule has 1 aliphatic rings. The molecule has 1 saturated heterocycles. The Labute approximate surface area is 145 Å². The fourth-order valence-electron chi connectivity index (χ4n) is 3.05. The van der Waals surface area contributed by atoms with Crippen molar-refractivity contribution in [1.29, 1.82) is 0 Å². The lowest BCUT2D eigenvalue weighted by Gasteiger charge is -2.32. The van der Waals surface area contributed by atoms with Crippen LogP contribution < -0.4 is 4.74 Å². The van der Waals surface area contributed by atoms with Crippen LogP contribution in [0.3, 0.4) is 0 Å². The van der Waals surface area contributed by atoms with Crippen LogP contribution in [-0.2, 0) is 0 Å². The van der Waals surface area contributed by atoms with E-state index in [4.69, 9.17) is 4.74 Å². The Morgan fingerprint density at radius 1 is 1.12 bits per heavy atom. The maximum Gasteiger partial charge on any atom is 0.274 e. The van der Waals surface area contributed by atoms with Crippen molar-refractivity contribution in [2.45, 2.75) is 18.9 Å². The SMILES string of the molecule is O=C(c1cnc2ccccc2n1)N1CCCC(Oc2ccncc2)C1. The molecule has 4 rings (SSSR count). The first kappa shape index (κ1) is 15.5. The summed E-state index contributed by atoms with van der Waals surface area (Å²) in [6.07, 6.45) is 6.77. The molecule has 1 unspecified atom stereocenters. The van der Waals surface area contributed by atoms with Gasteiger partial charge in [-0.2, -0.15) is 0 Å². The number of nitrogens with zero attached hydrogens (tertiary/aromatic N) is 4. The summed E-state index contributed by atoms with van der Waals surface area (Å²) < 4.78 is 5.97. The second-order valence-electron chi connectivity index (χ2n) is 6.06. The van der Waals surface area contributed by atoms with Crippen molar-refractivity contribution in [1.82, 2.24) is 19.9 Å². The van der Waals surface area contributed by atoms with E-state index in [1.807, 2.05) is 36.4 Å². The molecule has 2 aromatic heterocycles. The molecule has 3 aromatic rings. The van der Waals surface area contributed by atoms with Crippen LogP contribution in [0.15, 0.2) is 55.0 Å². The average molecular weight is 334 g/mol. The minimum absolute atomic E-state index is 0.0199. The number of rotatable bonds is 3. The number of fused-ring (bicyclic) bond motifs is 1. The fourth-order valence-corrected chi connectivity index (χ4v) is 3.05. The second-order valence-corrected chi connectivity index (χ2v) is 6.06. The maximum atomic E-state index is 12.8. The summed E-state index contributed by atoms with van der Waals surface area (Å²) in [5, 5.41) is 0. The standard InChI is InChI=1S/C19H18N4O2/c24-19(18-12-21-16-5-1-2-6-17(16)22-18)23-11-3-4-15(13-23)25-14-7-9-20-10-8-14/h1-2,5-10,12,15H,3-4,11,13H2. The number of likely N-dealkylation sites (tertiary alicyclic amines) is 1. The zero-order valence-corrected chi connectivity index (χ0v) is 13.7. The average Bonchev–Trinajstić information content (AvgIpc) is 2.68. The van der Waals surface area contributed by atoms with Gasteiger partial charge in [0.1, 0.15) is 17.5 Å². The summed E-state index contributed by atoms with van der Waals surface area (Å²) in [6.45, 7) is 1.26. The lowest BCUT2D eigenvalue weighted by atomic mass is 10.1. The molecular formula is C19H18N4O2. The number of carbonyl (C=O) groups is 1. The molecule has 1 fully saturated rings. The summed E-state index contributed by atoms with van der Waals surface area (Å²) >= 11 is 0. The molecule has 0 saturated carbocycles. The highest BCUT2D eigenvalue weighted by Gasteiger charge is 2.26. The monoisotopic (exact) mass is 334 g/mol. The smallest absolute Gasteiger partial charge is 0.274 e. The molecular weight excluding hydrogens is 316 g/mol. The molecule has 126 valence electrons. The zero-order valence-electron chi connectivity index (χ0n) is 13.7. The van der Waals surface area contributed by atoms with Crippen LogP contribution >= 0.6 is 0 Å². The molecule has 0 aliphatic carbocycles. The first-order valence-electron chi connectivity index (χ1n) is 8.37. The number of aromatic nitrogens is 3. The van der Waals surface area contributed by atoms with E-state index < -0.39 is 0 Å². The third kappa shape index (κ3) is 3.42. The van der Waals surface area contributed by atoms with Crippen molar-refractivity contribution in [2.24, 2.45) is 0 Å². The van der Waals surface area contributed by atoms with E-state index in [-0.39, 0.29) is 12.0 Å². The minimum Gasteiger partial charge on any atom is -0.488 e. The van der Waals surface area contributed by atoms with E-state index in [2.05, 4.69) is 15.0 Å². The van der Waals surface area contributed by atoms with E-state index in [9.17, 15) is 4.79 Å². The summed E-state index contributed by atoms with van der Waals surface area (Å²) in [7, 11) is 0. The van der Waals surface area contributed by atoms with Gasteiger partial charge in [-0.15, -0.1) is 0 Å². The Hall–Kier alpha value is -3.02. The summed E-state index contributed by atoms with van der Waals surface area (Å²) in [4.78, 5) is 27.4. The van der Waals surface area contributed by atoms with Crippen molar-refractivity contribution >= 4 is 16.9 Å². The number of hydrogen-bond acceptors (Lipinski definition) is 5. The number of amides is 1. The Balaban J connectivity index is 1.49. The number of hydrogen-bond donors (Lipinski definition) is 0. The van der Waals surface area contributed by atoms with Gasteiger partial charge in [-0.1, -0.05) is 12.1 Å². The van der Waals surface area contributed by atoms with Gasteiger partial charge < -0.3 is 9.64 Å². The van der Waals surface area contributed by atoms with Crippen LogP contribution in [0.2, 0.25) is 0 Å². The molecule has 1 amide bonds. The fraction of sp³-hybridized carbons (Fsp3) is 0.263. The van der Waals surface area contributed by atoms with Crippen LogP contribution in [0.5, 0.6) is 5.75 Å². The first-order chi connectivity index (χ1) is 12.3. The van der Waals surface area contributed by atoms with Crippen molar-refractivity contribution in [2.75, 3.05) is 13.1 Å². The predicted octanol–water partition coefficient (Wildman–Crippen LogP) is 2.71. The van der Waals surface area contributed by atoms with Crippen LogP contribution in [-0.4, -0.2) is 45.0 Å². The lowest BCUT2D eigenvalue weighted by molar-refractivity contribution is 0.0532. The molecule has 1 aliphatic heterocycles. The van der Waals surface area contributed by atoms with Crippen LogP contribution in [0, 0.1) is 0 Å². The van der Waals surface area contributed by atoms with E-state index in [0.29, 0.717) is 18.8 Å². The van der Waals surface area contributed by atoms with Gasteiger partial charge in [0.05, 0.1) is 23.8 Å². The van der Waals surface area contributed by atoms with E-state index >= 15 is 0 Å². The van der Waals surface area contributed by atoms with Crippen LogP contribution in [0.4, 0.5) is 0 Å². The number of carbonyl (C=O) groups excluding carboxylic acids is 1. The molecule has 6 heteroatoms. The summed E-state index contributed by atoms with van der Waals surface area (Å²) in [5.41, 5.74) is 1.90. The van der Waals surface area contributed by atoms with Gasteiger partial charge in [-0.25, -0.2) is 4.98 Å². The van der Waals surface area contributed by atoms with Crippen molar-refractivity contribution < 1.29 is 9.53 Å². The van der Waals surface area contributed by atoms with E-state index in [0.717, 1.165) is 29.6 Å². The zero-order chi connectivity index (χ0) is 17.1. The number of piperidine rings is 1. The molecule has 3 heterocycles. The molecule has 6 nitrogen and oxygen atoms in total. The van der Waals surface area contributed by atoms with Gasteiger partial charge in [-0.3, -0.25) is 14.8 Å². The van der Waals surface area contributed by atoms with Crippen molar-refractivity contribution in [3.63, 3.8) is 0 Å². The molecule has 0 bridgehead atoms. The first-order valence-corrected chi connectivity index (χ1v) is 8.37.